The van der Waals surface area contributed by atoms with E-state index in [-0.39, 0.29) is 5.54 Å². The molecule has 0 saturated heterocycles. The van der Waals surface area contributed by atoms with Gasteiger partial charge in [0.05, 0.1) is 5.54 Å². The van der Waals surface area contributed by atoms with Gasteiger partial charge >= 0.3 is 0 Å². The summed E-state index contributed by atoms with van der Waals surface area (Å²) < 4.78 is 3.95. The molecule has 0 unspecified atom stereocenters. The number of rotatable bonds is 0. The van der Waals surface area contributed by atoms with E-state index in [0.717, 1.165) is 0 Å². The third-order valence-electron chi connectivity index (χ3n) is 0.413. The largest absolute Gasteiger partial charge is 0.255 e. The summed E-state index contributed by atoms with van der Waals surface area (Å²) >= 11 is 16.5. The quantitative estimate of drug-likeness (QED) is 0.522. The van der Waals surface area contributed by atoms with E-state index >= 15 is 0 Å². The lowest BCUT2D eigenvalue weighted by atomic mass is 10.1. The van der Waals surface area contributed by atoms with Crippen LogP contribution in [-0.2, 0) is 0 Å². The van der Waals surface area contributed by atoms with Gasteiger partial charge < -0.3 is 0 Å². The Morgan fingerprint density at radius 3 is 1.44 bits per heavy atom. The van der Waals surface area contributed by atoms with Crippen LogP contribution < -0.4 is 0 Å². The van der Waals surface area contributed by atoms with Crippen molar-refractivity contribution in [2.24, 2.45) is 4.74 Å². The first kappa shape index (κ1) is 10.1. The van der Waals surface area contributed by atoms with E-state index in [9.17, 15) is 0 Å². The highest BCUT2D eigenvalue weighted by atomic mass is 36.0. The summed E-state index contributed by atoms with van der Waals surface area (Å²) in [6, 6.07) is 0. The lowest BCUT2D eigenvalue weighted by molar-refractivity contribution is 0.592. The van der Waals surface area contributed by atoms with Gasteiger partial charge in [0.1, 0.15) is 0 Å². The third-order valence-corrected chi connectivity index (χ3v) is 1.92. The maximum Gasteiger partial charge on any atom is 0.224 e. The lowest BCUT2D eigenvalue weighted by Gasteiger charge is -2.13. The Labute approximate surface area is 70.1 Å². The Bertz CT molecular complexity index is 134. The fraction of sp³-hybridized carbons (Fsp3) is 1.00. The average molecular weight is 208 g/mol. The van der Waals surface area contributed by atoms with Gasteiger partial charge in [-0.05, 0) is 54.5 Å². The van der Waals surface area contributed by atoms with Gasteiger partial charge in [-0.15, -0.1) is 0 Å². The maximum atomic E-state index is 5.49. The average Bonchev–Trinajstić information content (AvgIpc) is 1.14. The van der Waals surface area contributed by atoms with Crippen molar-refractivity contribution in [2.75, 3.05) is 0 Å². The molecule has 0 aliphatic carbocycles. The minimum atomic E-state index is -2.50. The van der Waals surface area contributed by atoms with Crippen LogP contribution in [0.5, 0.6) is 0 Å². The van der Waals surface area contributed by atoms with E-state index in [0.29, 0.717) is 0 Å². The van der Waals surface area contributed by atoms with Crippen molar-refractivity contribution < 1.29 is 0 Å². The molecule has 0 atom stereocenters. The SMILES string of the molecule is CC(C)(C)N=P(Cl)(Cl)Cl. The molecule has 0 fully saturated rings. The molecule has 0 rings (SSSR count). The number of halogens is 3. The van der Waals surface area contributed by atoms with Gasteiger partial charge in [-0.1, -0.05) is 0 Å². The van der Waals surface area contributed by atoms with Crippen molar-refractivity contribution in [3.05, 3.63) is 0 Å². The van der Waals surface area contributed by atoms with Gasteiger partial charge in [-0.25, -0.2) is 0 Å². The first-order valence-corrected chi connectivity index (χ1v) is 6.89. The van der Waals surface area contributed by atoms with E-state index in [1.165, 1.54) is 0 Å². The molecule has 0 bridgehead atoms. The molecular formula is C4H9Cl3NP. The van der Waals surface area contributed by atoms with Crippen molar-refractivity contribution >= 4 is 38.8 Å². The molecule has 0 aliphatic heterocycles. The summed E-state index contributed by atoms with van der Waals surface area (Å²) in [6.45, 7) is 5.69. The zero-order valence-electron chi connectivity index (χ0n) is 5.53. The topological polar surface area (TPSA) is 12.4 Å². The molecule has 0 spiro atoms. The van der Waals surface area contributed by atoms with Gasteiger partial charge in [0.2, 0.25) is 5.11 Å². The van der Waals surface area contributed by atoms with Crippen LogP contribution in [0.3, 0.4) is 0 Å². The molecule has 9 heavy (non-hydrogen) atoms. The minimum absolute atomic E-state index is 0.237. The summed E-state index contributed by atoms with van der Waals surface area (Å²) in [5.74, 6) is 0. The molecule has 0 heterocycles. The number of hydrogen-bond donors (Lipinski definition) is 0. The summed E-state index contributed by atoms with van der Waals surface area (Å²) in [5.41, 5.74) is -0.237. The number of nitrogens with zero attached hydrogens (tertiary/aromatic N) is 1. The van der Waals surface area contributed by atoms with E-state index in [2.05, 4.69) is 4.74 Å². The second-order valence-electron chi connectivity index (χ2n) is 2.69. The number of hydrogen-bond acceptors (Lipinski definition) is 1. The van der Waals surface area contributed by atoms with Crippen LogP contribution >= 0.6 is 38.8 Å². The van der Waals surface area contributed by atoms with Crippen LogP contribution in [-0.4, -0.2) is 5.54 Å². The molecule has 0 aromatic carbocycles. The monoisotopic (exact) mass is 207 g/mol. The van der Waals surface area contributed by atoms with E-state index in [4.69, 9.17) is 33.7 Å². The second kappa shape index (κ2) is 3.00. The Morgan fingerprint density at radius 1 is 1.11 bits per heavy atom. The van der Waals surface area contributed by atoms with Gasteiger partial charge in [0, 0.05) is 0 Å². The van der Waals surface area contributed by atoms with Gasteiger partial charge in [0.15, 0.2) is 0 Å². The first-order chi connectivity index (χ1) is 3.71. The highest BCUT2D eigenvalue weighted by molar-refractivity contribution is 8.26. The summed E-state index contributed by atoms with van der Waals surface area (Å²) in [7, 11) is 0. The Morgan fingerprint density at radius 2 is 1.44 bits per heavy atom. The van der Waals surface area contributed by atoms with Gasteiger partial charge in [0.25, 0.3) is 0 Å². The van der Waals surface area contributed by atoms with E-state index in [1.807, 2.05) is 20.8 Å². The van der Waals surface area contributed by atoms with Crippen molar-refractivity contribution in [1.29, 1.82) is 0 Å². The molecule has 0 aromatic rings. The molecule has 1 nitrogen and oxygen atoms in total. The maximum absolute atomic E-state index is 5.49. The van der Waals surface area contributed by atoms with Crippen LogP contribution in [0.4, 0.5) is 0 Å². The van der Waals surface area contributed by atoms with Crippen molar-refractivity contribution in [3.63, 3.8) is 0 Å². The smallest absolute Gasteiger partial charge is 0.224 e. The Balaban J connectivity index is 4.32. The lowest BCUT2D eigenvalue weighted by Crippen LogP contribution is -2.07. The predicted molar refractivity (Wildman–Crippen MR) is 46.7 cm³/mol. The molecule has 0 saturated carbocycles. The van der Waals surface area contributed by atoms with E-state index in [1.54, 1.807) is 0 Å². The van der Waals surface area contributed by atoms with Crippen LogP contribution in [0.2, 0.25) is 0 Å². The Hall–Kier alpha value is 1.10. The van der Waals surface area contributed by atoms with E-state index < -0.39 is 5.11 Å². The molecule has 0 aromatic heterocycles. The highest BCUT2D eigenvalue weighted by Gasteiger charge is 2.14. The van der Waals surface area contributed by atoms with Crippen LogP contribution in [0.25, 0.3) is 0 Å². The normalized spacial score (nSPS) is 13.6. The zero-order valence-corrected chi connectivity index (χ0v) is 8.69. The van der Waals surface area contributed by atoms with Crippen LogP contribution in [0.1, 0.15) is 20.8 Å². The van der Waals surface area contributed by atoms with Gasteiger partial charge in [-0.2, -0.15) is 0 Å². The summed E-state index contributed by atoms with van der Waals surface area (Å²) in [5, 5.41) is -2.50. The summed E-state index contributed by atoms with van der Waals surface area (Å²) in [4.78, 5) is 0. The second-order valence-corrected chi connectivity index (χ2v) is 9.69. The first-order valence-electron chi connectivity index (χ1n) is 2.43. The molecule has 0 radical (unpaired) electrons. The Kier molecular flexibility index (Phi) is 3.37. The van der Waals surface area contributed by atoms with Crippen molar-refractivity contribution in [1.82, 2.24) is 0 Å². The molecule has 0 amide bonds. The minimum Gasteiger partial charge on any atom is -0.255 e. The highest BCUT2D eigenvalue weighted by Crippen LogP contribution is 2.66. The third kappa shape index (κ3) is 9.10. The van der Waals surface area contributed by atoms with Crippen molar-refractivity contribution in [3.8, 4) is 0 Å². The molecular weight excluding hydrogens is 199 g/mol. The van der Waals surface area contributed by atoms with Gasteiger partial charge in [-0.3, -0.25) is 4.74 Å². The molecule has 0 aliphatic rings. The van der Waals surface area contributed by atoms with Crippen LogP contribution in [0.15, 0.2) is 4.74 Å². The van der Waals surface area contributed by atoms with Crippen LogP contribution in [0, 0.1) is 0 Å². The summed E-state index contributed by atoms with van der Waals surface area (Å²) in [6.07, 6.45) is 0. The zero-order chi connectivity index (χ0) is 7.71. The molecule has 56 valence electrons. The predicted octanol–water partition coefficient (Wildman–Crippen LogP) is 4.45. The molecule has 0 N–H and O–H groups in total. The molecule has 5 heteroatoms. The fourth-order valence-corrected chi connectivity index (χ4v) is 3.06. The fourth-order valence-electron chi connectivity index (χ4n) is 0.340. The standard InChI is InChI=1S/C4H9Cl3NP/c1-4(2,3)8-9(5,6)7/h1-3H3. The van der Waals surface area contributed by atoms with Crippen molar-refractivity contribution in [2.45, 2.75) is 26.3 Å².